The van der Waals surface area contributed by atoms with Crippen LogP contribution in [0, 0.1) is 0 Å². The van der Waals surface area contributed by atoms with Crippen LogP contribution in [-0.4, -0.2) is 40.3 Å². The molecule has 1 unspecified atom stereocenters. The van der Waals surface area contributed by atoms with Gasteiger partial charge in [0.25, 0.3) is 0 Å². The van der Waals surface area contributed by atoms with E-state index in [2.05, 4.69) is 21.0 Å². The fraction of sp³-hybridized carbons (Fsp3) is 0.467. The molecule has 21 heavy (non-hydrogen) atoms. The molecule has 0 radical (unpaired) electrons. The molecule has 0 aromatic carbocycles. The Bertz CT molecular complexity index is 552. The minimum atomic E-state index is -0.123. The first-order valence-electron chi connectivity index (χ1n) is 7.08. The fourth-order valence-electron chi connectivity index (χ4n) is 2.22. The van der Waals surface area contributed by atoms with Crippen molar-refractivity contribution < 1.29 is 0 Å². The lowest BCUT2D eigenvalue weighted by molar-refractivity contribution is 0.365. The quantitative estimate of drug-likeness (QED) is 0.851. The van der Waals surface area contributed by atoms with Crippen molar-refractivity contribution in [2.75, 3.05) is 20.6 Å². The normalized spacial score (nSPS) is 12.8. The number of aromatic nitrogens is 3. The first-order valence-corrected chi connectivity index (χ1v) is 7.46. The molecule has 2 aromatic rings. The summed E-state index contributed by atoms with van der Waals surface area (Å²) in [4.78, 5) is 6.23. The van der Waals surface area contributed by atoms with Crippen LogP contribution in [-0.2, 0) is 13.0 Å². The van der Waals surface area contributed by atoms with Crippen molar-refractivity contribution in [3.8, 4) is 0 Å². The number of likely N-dealkylation sites (N-methyl/N-ethyl adjacent to an activating group) is 1. The number of rotatable bonds is 7. The maximum absolute atomic E-state index is 6.32. The molecule has 0 amide bonds. The van der Waals surface area contributed by atoms with Crippen LogP contribution in [0.5, 0.6) is 0 Å². The largest absolute Gasteiger partial charge is 0.323 e. The summed E-state index contributed by atoms with van der Waals surface area (Å²) < 4.78 is 1.91. The van der Waals surface area contributed by atoms with Gasteiger partial charge in [-0.1, -0.05) is 17.7 Å². The van der Waals surface area contributed by atoms with E-state index in [0.29, 0.717) is 5.02 Å². The van der Waals surface area contributed by atoms with Crippen molar-refractivity contribution in [1.29, 1.82) is 0 Å². The monoisotopic (exact) mass is 307 g/mol. The highest BCUT2D eigenvalue weighted by atomic mass is 35.5. The maximum Gasteiger partial charge on any atom is 0.0834 e. The van der Waals surface area contributed by atoms with Crippen LogP contribution < -0.4 is 5.73 Å². The Morgan fingerprint density at radius 1 is 1.38 bits per heavy atom. The van der Waals surface area contributed by atoms with Crippen molar-refractivity contribution in [3.63, 3.8) is 0 Å². The van der Waals surface area contributed by atoms with Crippen molar-refractivity contribution in [2.45, 2.75) is 25.4 Å². The number of nitrogens with zero attached hydrogens (tertiary/aromatic N) is 4. The zero-order chi connectivity index (χ0) is 15.2. The molecule has 0 aliphatic carbocycles. The molecular formula is C15H22ClN5. The van der Waals surface area contributed by atoms with Crippen molar-refractivity contribution >= 4 is 11.6 Å². The lowest BCUT2D eigenvalue weighted by Crippen LogP contribution is -2.23. The predicted octanol–water partition coefficient (Wildman–Crippen LogP) is 2.13. The van der Waals surface area contributed by atoms with Gasteiger partial charge in [0.1, 0.15) is 0 Å². The third-order valence-electron chi connectivity index (χ3n) is 3.41. The van der Waals surface area contributed by atoms with E-state index >= 15 is 0 Å². The van der Waals surface area contributed by atoms with Crippen LogP contribution in [0.4, 0.5) is 0 Å². The lowest BCUT2D eigenvalue weighted by atomic mass is 10.0. The van der Waals surface area contributed by atoms with Gasteiger partial charge in [0.15, 0.2) is 0 Å². The first kappa shape index (κ1) is 15.9. The molecule has 0 saturated carbocycles. The van der Waals surface area contributed by atoms with Crippen molar-refractivity contribution in [3.05, 3.63) is 47.0 Å². The zero-order valence-corrected chi connectivity index (χ0v) is 13.3. The molecular weight excluding hydrogens is 286 g/mol. The molecule has 6 heteroatoms. The van der Waals surface area contributed by atoms with E-state index in [1.807, 2.05) is 31.0 Å². The van der Waals surface area contributed by atoms with Gasteiger partial charge >= 0.3 is 0 Å². The fourth-order valence-corrected chi connectivity index (χ4v) is 2.50. The Hall–Kier alpha value is -1.43. The van der Waals surface area contributed by atoms with Gasteiger partial charge in [-0.15, -0.1) is 0 Å². The highest BCUT2D eigenvalue weighted by Crippen LogP contribution is 2.24. The zero-order valence-electron chi connectivity index (χ0n) is 12.5. The molecule has 5 nitrogen and oxygen atoms in total. The summed E-state index contributed by atoms with van der Waals surface area (Å²) in [5, 5.41) is 4.98. The van der Waals surface area contributed by atoms with E-state index in [9.17, 15) is 0 Å². The van der Waals surface area contributed by atoms with Gasteiger partial charge in [-0.05, 0) is 38.6 Å². The third-order valence-corrected chi connectivity index (χ3v) is 3.70. The Morgan fingerprint density at radius 2 is 2.19 bits per heavy atom. The second kappa shape index (κ2) is 7.54. The number of aryl methyl sites for hydroxylation is 1. The molecule has 1 atom stereocenters. The Labute approximate surface area is 130 Å². The molecule has 0 aliphatic heterocycles. The average Bonchev–Trinajstić information content (AvgIpc) is 2.85. The van der Waals surface area contributed by atoms with E-state index in [-0.39, 0.29) is 6.04 Å². The van der Waals surface area contributed by atoms with E-state index < -0.39 is 0 Å². The summed E-state index contributed by atoms with van der Waals surface area (Å²) in [6.07, 6.45) is 7.02. The molecule has 2 rings (SSSR count). The van der Waals surface area contributed by atoms with Crippen LogP contribution in [0.1, 0.15) is 23.7 Å². The molecule has 0 saturated heterocycles. The molecule has 0 fully saturated rings. The number of hydrogen-bond acceptors (Lipinski definition) is 4. The van der Waals surface area contributed by atoms with Crippen LogP contribution in [0.25, 0.3) is 0 Å². The second-order valence-electron chi connectivity index (χ2n) is 5.41. The van der Waals surface area contributed by atoms with E-state index in [4.69, 9.17) is 17.3 Å². The summed E-state index contributed by atoms with van der Waals surface area (Å²) in [5.74, 6) is 0. The Balaban J connectivity index is 2.01. The third kappa shape index (κ3) is 4.52. The number of hydrogen-bond donors (Lipinski definition) is 1. The molecule has 0 aliphatic rings. The topological polar surface area (TPSA) is 60.0 Å². The Morgan fingerprint density at radius 3 is 2.86 bits per heavy atom. The van der Waals surface area contributed by atoms with E-state index in [1.54, 1.807) is 12.4 Å². The molecule has 0 spiro atoms. The van der Waals surface area contributed by atoms with Crippen molar-refractivity contribution in [1.82, 2.24) is 19.7 Å². The first-order chi connectivity index (χ1) is 10.1. The van der Waals surface area contributed by atoms with Crippen LogP contribution in [0.2, 0.25) is 5.02 Å². The summed E-state index contributed by atoms with van der Waals surface area (Å²) in [7, 11) is 4.07. The SMILES string of the molecule is CN(C)CCn1ncc(Cl)c1C(N)CCc1cccnc1. The summed E-state index contributed by atoms with van der Waals surface area (Å²) in [6.45, 7) is 1.69. The minimum Gasteiger partial charge on any atom is -0.323 e. The number of halogens is 1. The highest BCUT2D eigenvalue weighted by Gasteiger charge is 2.17. The smallest absolute Gasteiger partial charge is 0.0834 e. The molecule has 2 heterocycles. The van der Waals surface area contributed by atoms with Crippen LogP contribution in [0.15, 0.2) is 30.7 Å². The molecule has 0 bridgehead atoms. The predicted molar refractivity (Wildman–Crippen MR) is 85.3 cm³/mol. The van der Waals surface area contributed by atoms with Crippen LogP contribution in [0.3, 0.4) is 0 Å². The van der Waals surface area contributed by atoms with Gasteiger partial charge in [-0.3, -0.25) is 9.67 Å². The molecule has 114 valence electrons. The minimum absolute atomic E-state index is 0.123. The average molecular weight is 308 g/mol. The summed E-state index contributed by atoms with van der Waals surface area (Å²) >= 11 is 6.25. The summed E-state index contributed by atoms with van der Waals surface area (Å²) in [6, 6.07) is 3.88. The Kier molecular flexibility index (Phi) is 5.73. The van der Waals surface area contributed by atoms with Gasteiger partial charge in [0, 0.05) is 25.0 Å². The van der Waals surface area contributed by atoms with E-state index in [1.165, 1.54) is 5.56 Å². The number of pyridine rings is 1. The van der Waals surface area contributed by atoms with Gasteiger partial charge in [0.2, 0.25) is 0 Å². The second-order valence-corrected chi connectivity index (χ2v) is 5.82. The molecule has 2 aromatic heterocycles. The van der Waals surface area contributed by atoms with Gasteiger partial charge < -0.3 is 10.6 Å². The van der Waals surface area contributed by atoms with Crippen molar-refractivity contribution in [2.24, 2.45) is 5.73 Å². The highest BCUT2D eigenvalue weighted by molar-refractivity contribution is 6.31. The number of nitrogens with two attached hydrogens (primary N) is 1. The van der Waals surface area contributed by atoms with E-state index in [0.717, 1.165) is 31.6 Å². The van der Waals surface area contributed by atoms with Gasteiger partial charge in [0.05, 0.1) is 23.5 Å². The summed E-state index contributed by atoms with van der Waals surface area (Å²) in [5.41, 5.74) is 8.42. The standard InChI is InChI=1S/C15H22ClN5/c1-20(2)8-9-21-15(13(16)11-19-21)14(17)6-5-12-4-3-7-18-10-12/h3-4,7,10-11,14H,5-6,8-9,17H2,1-2H3. The lowest BCUT2D eigenvalue weighted by Gasteiger charge is -2.16. The van der Waals surface area contributed by atoms with Gasteiger partial charge in [-0.25, -0.2) is 0 Å². The maximum atomic E-state index is 6.32. The molecule has 2 N–H and O–H groups in total. The van der Waals surface area contributed by atoms with Gasteiger partial charge in [-0.2, -0.15) is 5.10 Å². The van der Waals surface area contributed by atoms with Crippen LogP contribution >= 0.6 is 11.6 Å².